The molecule has 1 atom stereocenters. The highest BCUT2D eigenvalue weighted by atomic mass is 35.5. The fraction of sp³-hybridized carbons (Fsp3) is 0.345. The molecular weight excluding hydrogens is 479 g/mol. The molecule has 0 aromatic heterocycles. The number of Topliss-reactive ketones (excluding diaryl/α,β-unsaturated/α-hetero) is 1. The van der Waals surface area contributed by atoms with Crippen molar-refractivity contribution in [3.05, 3.63) is 95.3 Å². The summed E-state index contributed by atoms with van der Waals surface area (Å²) >= 11 is 0. The van der Waals surface area contributed by atoms with Crippen LogP contribution in [-0.4, -0.2) is 61.2 Å². The molecule has 0 spiro atoms. The molecule has 4 rings (SSSR count). The van der Waals surface area contributed by atoms with E-state index in [-0.39, 0.29) is 30.6 Å². The molecule has 0 saturated carbocycles. The average molecular weight is 513 g/mol. The van der Waals surface area contributed by atoms with E-state index in [1.54, 1.807) is 24.3 Å². The number of β-amino-alcohol motifs (C(OH)–C–C–N with tert-alkyl or cyclic N) is 1. The second-order valence-electron chi connectivity index (χ2n) is 9.08. The van der Waals surface area contributed by atoms with Gasteiger partial charge in [-0.25, -0.2) is 4.39 Å². The Hall–Kier alpha value is -2.93. The van der Waals surface area contributed by atoms with Crippen molar-refractivity contribution >= 4 is 23.9 Å². The standard InChI is InChI=1S/C29H33FN2O3.ClH/c1-22-6-2-4-8-27(22)32-18-16-31(17-19-32)20-25(33)21-35-29-9-5-3-7-26(29)28(34)15-12-23-10-13-24(30)14-11-23;/h2-11,13-14,25,33H,12,15-21H2,1H3;1H. The lowest BCUT2D eigenvalue weighted by Crippen LogP contribution is -2.49. The fourth-order valence-corrected chi connectivity index (χ4v) is 4.49. The zero-order valence-corrected chi connectivity index (χ0v) is 21.4. The molecule has 1 saturated heterocycles. The largest absolute Gasteiger partial charge is 0.490 e. The van der Waals surface area contributed by atoms with Gasteiger partial charge in [-0.1, -0.05) is 42.5 Å². The summed E-state index contributed by atoms with van der Waals surface area (Å²) < 4.78 is 19.0. The number of carbonyl (C=O) groups excluding carboxylic acids is 1. The first-order chi connectivity index (χ1) is 17.0. The Morgan fingerprint density at radius 3 is 2.36 bits per heavy atom. The third kappa shape index (κ3) is 7.53. The van der Waals surface area contributed by atoms with Crippen LogP contribution in [0.25, 0.3) is 0 Å². The number of anilines is 1. The molecule has 3 aromatic carbocycles. The quantitative estimate of drug-likeness (QED) is 0.390. The zero-order valence-electron chi connectivity index (χ0n) is 20.6. The van der Waals surface area contributed by atoms with Gasteiger partial charge in [0.25, 0.3) is 0 Å². The maximum atomic E-state index is 13.1. The Labute approximate surface area is 218 Å². The van der Waals surface area contributed by atoms with Crippen molar-refractivity contribution in [1.82, 2.24) is 4.90 Å². The number of piperazine rings is 1. The maximum absolute atomic E-state index is 13.1. The molecule has 5 nitrogen and oxygen atoms in total. The van der Waals surface area contributed by atoms with E-state index >= 15 is 0 Å². The first-order valence-corrected chi connectivity index (χ1v) is 12.2. The number of rotatable bonds is 10. The third-order valence-electron chi connectivity index (χ3n) is 6.47. The number of halogens is 2. The molecule has 1 fully saturated rings. The summed E-state index contributed by atoms with van der Waals surface area (Å²) in [6.07, 6.45) is 0.187. The van der Waals surface area contributed by atoms with Gasteiger partial charge in [-0.3, -0.25) is 9.69 Å². The minimum Gasteiger partial charge on any atom is -0.490 e. The Morgan fingerprint density at radius 2 is 1.64 bits per heavy atom. The second kappa shape index (κ2) is 13.4. The minimum atomic E-state index is -0.651. The van der Waals surface area contributed by atoms with Crippen LogP contribution in [0.2, 0.25) is 0 Å². The van der Waals surface area contributed by atoms with E-state index in [9.17, 15) is 14.3 Å². The van der Waals surface area contributed by atoms with Gasteiger partial charge in [0.05, 0.1) is 5.56 Å². The molecule has 1 aliphatic rings. The number of aliphatic hydroxyl groups excluding tert-OH is 1. The van der Waals surface area contributed by atoms with Crippen molar-refractivity contribution in [2.45, 2.75) is 25.9 Å². The number of ketones is 1. The van der Waals surface area contributed by atoms with E-state index in [0.29, 0.717) is 30.7 Å². The van der Waals surface area contributed by atoms with Gasteiger partial charge in [-0.15, -0.1) is 12.4 Å². The van der Waals surface area contributed by atoms with Crippen LogP contribution in [0.5, 0.6) is 5.75 Å². The molecule has 0 amide bonds. The molecule has 3 aromatic rings. The summed E-state index contributed by atoms with van der Waals surface area (Å²) in [5.74, 6) is 0.164. The molecule has 0 bridgehead atoms. The first-order valence-electron chi connectivity index (χ1n) is 12.2. The monoisotopic (exact) mass is 512 g/mol. The van der Waals surface area contributed by atoms with Crippen LogP contribution in [0.3, 0.4) is 0 Å². The topological polar surface area (TPSA) is 53.0 Å². The number of para-hydroxylation sites is 2. The number of nitrogens with zero attached hydrogens (tertiary/aromatic N) is 2. The number of benzene rings is 3. The Balaban J connectivity index is 0.00000361. The minimum absolute atomic E-state index is 0. The molecular formula is C29H34ClFN2O3. The van der Waals surface area contributed by atoms with Gasteiger partial charge in [0, 0.05) is 44.8 Å². The van der Waals surface area contributed by atoms with E-state index in [0.717, 1.165) is 31.7 Å². The molecule has 1 aliphatic heterocycles. The van der Waals surface area contributed by atoms with Crippen LogP contribution in [0, 0.1) is 12.7 Å². The predicted molar refractivity (Wildman–Crippen MR) is 144 cm³/mol. The molecule has 1 heterocycles. The highest BCUT2D eigenvalue weighted by Gasteiger charge is 2.21. The molecule has 36 heavy (non-hydrogen) atoms. The van der Waals surface area contributed by atoms with Crippen molar-refractivity contribution in [3.8, 4) is 5.75 Å². The van der Waals surface area contributed by atoms with E-state index in [1.807, 2.05) is 12.1 Å². The van der Waals surface area contributed by atoms with Gasteiger partial charge in [-0.2, -0.15) is 0 Å². The van der Waals surface area contributed by atoms with Crippen LogP contribution in [0.1, 0.15) is 27.9 Å². The number of ether oxygens (including phenoxy) is 1. The predicted octanol–water partition coefficient (Wildman–Crippen LogP) is 4.93. The molecule has 192 valence electrons. The van der Waals surface area contributed by atoms with E-state index in [1.165, 1.54) is 23.4 Å². The van der Waals surface area contributed by atoms with Crippen molar-refractivity contribution in [1.29, 1.82) is 0 Å². The summed E-state index contributed by atoms with van der Waals surface area (Å²) in [5.41, 5.74) is 3.97. The molecule has 1 unspecified atom stereocenters. The average Bonchev–Trinajstić information content (AvgIpc) is 2.88. The normalized spacial score (nSPS) is 14.7. The van der Waals surface area contributed by atoms with Gasteiger partial charge < -0.3 is 14.7 Å². The highest BCUT2D eigenvalue weighted by Crippen LogP contribution is 2.22. The van der Waals surface area contributed by atoms with Crippen molar-refractivity contribution in [3.63, 3.8) is 0 Å². The number of aryl methyl sites for hydroxylation is 2. The third-order valence-corrected chi connectivity index (χ3v) is 6.47. The summed E-state index contributed by atoms with van der Waals surface area (Å²) in [6, 6.07) is 21.8. The lowest BCUT2D eigenvalue weighted by atomic mass is 10.0. The van der Waals surface area contributed by atoms with Crippen molar-refractivity contribution < 1.29 is 19.0 Å². The van der Waals surface area contributed by atoms with E-state index < -0.39 is 6.10 Å². The Bertz CT molecular complexity index is 1120. The highest BCUT2D eigenvalue weighted by molar-refractivity contribution is 5.98. The van der Waals surface area contributed by atoms with Crippen LogP contribution >= 0.6 is 12.4 Å². The summed E-state index contributed by atoms with van der Waals surface area (Å²) in [6.45, 7) is 6.39. The van der Waals surface area contributed by atoms with Gasteiger partial charge in [0.2, 0.25) is 0 Å². The number of aliphatic hydroxyl groups is 1. The SMILES string of the molecule is Cc1ccccc1N1CCN(CC(O)COc2ccccc2C(=O)CCc2ccc(F)cc2)CC1.Cl. The lowest BCUT2D eigenvalue weighted by Gasteiger charge is -2.37. The van der Waals surface area contributed by atoms with Crippen molar-refractivity contribution in [2.24, 2.45) is 0 Å². The summed E-state index contributed by atoms with van der Waals surface area (Å²) in [5, 5.41) is 10.6. The number of hydrogen-bond donors (Lipinski definition) is 1. The number of hydrogen-bond acceptors (Lipinski definition) is 5. The summed E-state index contributed by atoms with van der Waals surface area (Å²) in [4.78, 5) is 17.5. The smallest absolute Gasteiger partial charge is 0.166 e. The Kier molecular flexibility index (Phi) is 10.3. The Morgan fingerprint density at radius 1 is 0.972 bits per heavy atom. The maximum Gasteiger partial charge on any atom is 0.166 e. The lowest BCUT2D eigenvalue weighted by molar-refractivity contribution is 0.0655. The van der Waals surface area contributed by atoms with Crippen LogP contribution in [-0.2, 0) is 6.42 Å². The van der Waals surface area contributed by atoms with Gasteiger partial charge >= 0.3 is 0 Å². The molecule has 7 heteroatoms. The zero-order chi connectivity index (χ0) is 24.6. The van der Waals surface area contributed by atoms with Gasteiger partial charge in [0.15, 0.2) is 5.78 Å². The van der Waals surface area contributed by atoms with E-state index in [2.05, 4.69) is 41.0 Å². The summed E-state index contributed by atoms with van der Waals surface area (Å²) in [7, 11) is 0. The number of carbonyl (C=O) groups is 1. The van der Waals surface area contributed by atoms with Gasteiger partial charge in [0.1, 0.15) is 24.3 Å². The van der Waals surface area contributed by atoms with Crippen molar-refractivity contribution in [2.75, 3.05) is 44.2 Å². The van der Waals surface area contributed by atoms with Crippen LogP contribution < -0.4 is 9.64 Å². The van der Waals surface area contributed by atoms with Crippen LogP contribution in [0.4, 0.5) is 10.1 Å². The van der Waals surface area contributed by atoms with Gasteiger partial charge in [-0.05, 0) is 54.8 Å². The molecule has 0 radical (unpaired) electrons. The molecule has 0 aliphatic carbocycles. The fourth-order valence-electron chi connectivity index (χ4n) is 4.49. The first kappa shape index (κ1) is 27.7. The second-order valence-corrected chi connectivity index (χ2v) is 9.08. The molecule has 1 N–H and O–H groups in total. The van der Waals surface area contributed by atoms with Crippen LogP contribution in [0.15, 0.2) is 72.8 Å². The van der Waals surface area contributed by atoms with E-state index in [4.69, 9.17) is 4.74 Å².